The molecule has 0 saturated heterocycles. The summed E-state index contributed by atoms with van der Waals surface area (Å²) in [5, 5.41) is 0. The highest BCUT2D eigenvalue weighted by atomic mass is 35.5. The van der Waals surface area contributed by atoms with E-state index in [9.17, 15) is 0 Å². The fourth-order valence-electron chi connectivity index (χ4n) is 1.66. The van der Waals surface area contributed by atoms with Gasteiger partial charge in [-0.05, 0) is 24.7 Å². The van der Waals surface area contributed by atoms with Gasteiger partial charge in [-0.25, -0.2) is 0 Å². The molecule has 0 N–H and O–H groups in total. The van der Waals surface area contributed by atoms with Gasteiger partial charge in [-0.15, -0.1) is 11.6 Å². The van der Waals surface area contributed by atoms with E-state index in [0.29, 0.717) is 5.41 Å². The zero-order valence-electron chi connectivity index (χ0n) is 9.53. The van der Waals surface area contributed by atoms with Crippen LogP contribution in [0.4, 0.5) is 0 Å². The summed E-state index contributed by atoms with van der Waals surface area (Å²) in [5.74, 6) is 0.829. The normalized spacial score (nSPS) is 12.0. The average molecular weight is 205 g/mol. The highest BCUT2D eigenvalue weighted by molar-refractivity contribution is 6.17. The third-order valence-electron chi connectivity index (χ3n) is 2.69. The lowest BCUT2D eigenvalue weighted by molar-refractivity contribution is 0.287. The third-order valence-corrected chi connectivity index (χ3v) is 2.96. The standard InChI is InChI=1S/C12H25Cl/c1-4-5-9-12(2,3)10-7-6-8-11-13/h4-11H2,1-3H3. The maximum atomic E-state index is 5.64. The van der Waals surface area contributed by atoms with E-state index >= 15 is 0 Å². The van der Waals surface area contributed by atoms with Gasteiger partial charge in [0, 0.05) is 5.88 Å². The summed E-state index contributed by atoms with van der Waals surface area (Å²) in [4.78, 5) is 0. The van der Waals surface area contributed by atoms with Gasteiger partial charge in [0.05, 0.1) is 0 Å². The third kappa shape index (κ3) is 8.62. The van der Waals surface area contributed by atoms with Crippen molar-refractivity contribution in [3.8, 4) is 0 Å². The second-order valence-corrected chi connectivity index (χ2v) is 5.15. The molecule has 0 radical (unpaired) electrons. The first kappa shape index (κ1) is 13.3. The molecule has 13 heavy (non-hydrogen) atoms. The number of hydrogen-bond acceptors (Lipinski definition) is 0. The molecule has 80 valence electrons. The van der Waals surface area contributed by atoms with E-state index < -0.39 is 0 Å². The first-order chi connectivity index (χ1) is 6.12. The number of hydrogen-bond donors (Lipinski definition) is 0. The van der Waals surface area contributed by atoms with Gasteiger partial charge in [0.1, 0.15) is 0 Å². The van der Waals surface area contributed by atoms with Gasteiger partial charge >= 0.3 is 0 Å². The first-order valence-electron chi connectivity index (χ1n) is 5.68. The molecule has 0 bridgehead atoms. The lowest BCUT2D eigenvalue weighted by atomic mass is 9.82. The topological polar surface area (TPSA) is 0 Å². The van der Waals surface area contributed by atoms with E-state index in [1.54, 1.807) is 0 Å². The molecule has 1 heteroatoms. The van der Waals surface area contributed by atoms with Crippen LogP contribution in [-0.4, -0.2) is 5.88 Å². The predicted molar refractivity (Wildman–Crippen MR) is 62.5 cm³/mol. The van der Waals surface area contributed by atoms with E-state index in [-0.39, 0.29) is 0 Å². The molecule has 0 nitrogen and oxygen atoms in total. The lowest BCUT2D eigenvalue weighted by Crippen LogP contribution is -2.10. The minimum Gasteiger partial charge on any atom is -0.127 e. The van der Waals surface area contributed by atoms with Crippen molar-refractivity contribution in [3.63, 3.8) is 0 Å². The molecule has 0 aliphatic heterocycles. The summed E-state index contributed by atoms with van der Waals surface area (Å²) in [7, 11) is 0. The molecule has 0 rings (SSSR count). The molecular weight excluding hydrogens is 180 g/mol. The van der Waals surface area contributed by atoms with E-state index in [1.165, 1.54) is 44.9 Å². The number of rotatable bonds is 8. The van der Waals surface area contributed by atoms with Gasteiger partial charge in [-0.1, -0.05) is 46.5 Å². The molecule has 0 fully saturated rings. The maximum absolute atomic E-state index is 5.64. The van der Waals surface area contributed by atoms with Crippen molar-refractivity contribution in [2.24, 2.45) is 5.41 Å². The second-order valence-electron chi connectivity index (χ2n) is 4.77. The van der Waals surface area contributed by atoms with Crippen LogP contribution in [0.1, 0.15) is 65.7 Å². The number of alkyl halides is 1. The Bertz CT molecular complexity index is 108. The Balaban J connectivity index is 3.39. The van der Waals surface area contributed by atoms with Crippen molar-refractivity contribution in [1.82, 2.24) is 0 Å². The zero-order valence-corrected chi connectivity index (χ0v) is 10.3. The van der Waals surface area contributed by atoms with Gasteiger partial charge < -0.3 is 0 Å². The highest BCUT2D eigenvalue weighted by Gasteiger charge is 2.15. The molecule has 0 spiro atoms. The van der Waals surface area contributed by atoms with Gasteiger partial charge in [0.25, 0.3) is 0 Å². The summed E-state index contributed by atoms with van der Waals surface area (Å²) in [6.45, 7) is 7.05. The molecule has 0 aromatic rings. The smallest absolute Gasteiger partial charge is 0.0223 e. The minimum absolute atomic E-state index is 0.558. The Morgan fingerprint density at radius 1 is 0.923 bits per heavy atom. The molecular formula is C12H25Cl. The molecule has 0 aliphatic carbocycles. The molecule has 0 aliphatic rings. The summed E-state index contributed by atoms with van der Waals surface area (Å²) in [6, 6.07) is 0. The summed E-state index contributed by atoms with van der Waals surface area (Å²) in [5.41, 5.74) is 0.558. The van der Waals surface area contributed by atoms with Gasteiger partial charge in [0.15, 0.2) is 0 Å². The van der Waals surface area contributed by atoms with E-state index in [4.69, 9.17) is 11.6 Å². The predicted octanol–water partition coefficient (Wildman–Crippen LogP) is 5.00. The van der Waals surface area contributed by atoms with Crippen molar-refractivity contribution in [2.45, 2.75) is 65.7 Å². The van der Waals surface area contributed by atoms with Crippen LogP contribution in [0.5, 0.6) is 0 Å². The second kappa shape index (κ2) is 7.67. The number of halogens is 1. The van der Waals surface area contributed by atoms with Crippen LogP contribution in [0.2, 0.25) is 0 Å². The molecule has 0 unspecified atom stereocenters. The Kier molecular flexibility index (Phi) is 7.84. The molecule has 0 aromatic carbocycles. The van der Waals surface area contributed by atoms with Gasteiger partial charge in [0.2, 0.25) is 0 Å². The Hall–Kier alpha value is 0.290. The van der Waals surface area contributed by atoms with Crippen molar-refractivity contribution in [2.75, 3.05) is 5.88 Å². The number of unbranched alkanes of at least 4 members (excludes halogenated alkanes) is 3. The lowest BCUT2D eigenvalue weighted by Gasteiger charge is -2.24. The molecule has 0 atom stereocenters. The quantitative estimate of drug-likeness (QED) is 0.386. The van der Waals surface area contributed by atoms with Crippen molar-refractivity contribution in [3.05, 3.63) is 0 Å². The molecule has 0 saturated carbocycles. The molecule has 0 aromatic heterocycles. The van der Waals surface area contributed by atoms with Crippen LogP contribution < -0.4 is 0 Å². The van der Waals surface area contributed by atoms with E-state index in [0.717, 1.165) is 5.88 Å². The molecule has 0 amide bonds. The van der Waals surface area contributed by atoms with E-state index in [2.05, 4.69) is 20.8 Å². The monoisotopic (exact) mass is 204 g/mol. The SMILES string of the molecule is CCCCC(C)(C)CCCCCCl. The Labute approximate surface area is 89.1 Å². The fraction of sp³-hybridized carbons (Fsp3) is 1.00. The summed E-state index contributed by atoms with van der Waals surface area (Å²) >= 11 is 5.64. The van der Waals surface area contributed by atoms with Gasteiger partial charge in [-0.3, -0.25) is 0 Å². The van der Waals surface area contributed by atoms with Crippen LogP contribution in [0.15, 0.2) is 0 Å². The maximum Gasteiger partial charge on any atom is 0.0223 e. The summed E-state index contributed by atoms with van der Waals surface area (Å²) in [6.07, 6.45) is 9.29. The van der Waals surface area contributed by atoms with Gasteiger partial charge in [-0.2, -0.15) is 0 Å². The summed E-state index contributed by atoms with van der Waals surface area (Å²) < 4.78 is 0. The zero-order chi connectivity index (χ0) is 10.2. The van der Waals surface area contributed by atoms with Crippen molar-refractivity contribution < 1.29 is 0 Å². The van der Waals surface area contributed by atoms with Crippen LogP contribution in [-0.2, 0) is 0 Å². The van der Waals surface area contributed by atoms with Crippen LogP contribution >= 0.6 is 11.6 Å². The van der Waals surface area contributed by atoms with Crippen LogP contribution in [0, 0.1) is 5.41 Å². The van der Waals surface area contributed by atoms with E-state index in [1.807, 2.05) is 0 Å². The Morgan fingerprint density at radius 3 is 2.08 bits per heavy atom. The minimum atomic E-state index is 0.558. The van der Waals surface area contributed by atoms with Crippen LogP contribution in [0.25, 0.3) is 0 Å². The van der Waals surface area contributed by atoms with Crippen LogP contribution in [0.3, 0.4) is 0 Å². The highest BCUT2D eigenvalue weighted by Crippen LogP contribution is 2.29. The first-order valence-corrected chi connectivity index (χ1v) is 6.22. The fourth-order valence-corrected chi connectivity index (χ4v) is 1.84. The Morgan fingerprint density at radius 2 is 1.54 bits per heavy atom. The largest absolute Gasteiger partial charge is 0.127 e. The van der Waals surface area contributed by atoms with Crippen molar-refractivity contribution >= 4 is 11.6 Å². The molecule has 0 heterocycles. The average Bonchev–Trinajstić information content (AvgIpc) is 2.09. The van der Waals surface area contributed by atoms with Crippen molar-refractivity contribution in [1.29, 1.82) is 0 Å².